The molecule has 18 heavy (non-hydrogen) atoms. The fourth-order valence-corrected chi connectivity index (χ4v) is 2.33. The summed E-state index contributed by atoms with van der Waals surface area (Å²) in [7, 11) is 1.56. The van der Waals surface area contributed by atoms with E-state index in [9.17, 15) is 0 Å². The Morgan fingerprint density at radius 1 is 1.17 bits per heavy atom. The molecule has 4 nitrogen and oxygen atoms in total. The summed E-state index contributed by atoms with van der Waals surface area (Å²) in [6, 6.07) is 5.81. The van der Waals surface area contributed by atoms with Crippen LogP contribution in [0.1, 0.15) is 0 Å². The van der Waals surface area contributed by atoms with Crippen molar-refractivity contribution in [3.63, 3.8) is 0 Å². The lowest BCUT2D eigenvalue weighted by molar-refractivity contribution is 0.394. The summed E-state index contributed by atoms with van der Waals surface area (Å²) < 4.78 is 7.73. The van der Waals surface area contributed by atoms with Crippen molar-refractivity contribution in [1.82, 2.24) is 9.97 Å². The van der Waals surface area contributed by atoms with Crippen molar-refractivity contribution in [2.45, 2.75) is 0 Å². The van der Waals surface area contributed by atoms with Gasteiger partial charge in [-0.15, -0.1) is 0 Å². The maximum absolute atomic E-state index is 5.12. The number of aromatic nitrogens is 2. The Kier molecular flexibility index (Phi) is 4.58. The molecule has 0 fully saturated rings. The number of hydrogen-bond acceptors (Lipinski definition) is 4. The smallest absolute Gasteiger partial charge is 0.232 e. The standard InChI is InChI=1S/C11H8Br3N3O/c1-18-10-8(14)5-15-11(17-10)16-9-4-6(12)2-3-7(9)13/h2-5H,1H3,(H,15,16,17). The van der Waals surface area contributed by atoms with Gasteiger partial charge in [-0.25, -0.2) is 4.98 Å². The predicted molar refractivity (Wildman–Crippen MR) is 81.4 cm³/mol. The van der Waals surface area contributed by atoms with E-state index < -0.39 is 0 Å². The Labute approximate surface area is 130 Å². The quantitative estimate of drug-likeness (QED) is 0.767. The summed E-state index contributed by atoms with van der Waals surface area (Å²) in [5.41, 5.74) is 0.869. The molecule has 0 amide bonds. The van der Waals surface area contributed by atoms with Crippen LogP contribution in [0.4, 0.5) is 11.6 Å². The topological polar surface area (TPSA) is 47.0 Å². The maximum atomic E-state index is 5.12. The first-order chi connectivity index (χ1) is 8.60. The molecule has 0 spiro atoms. The van der Waals surface area contributed by atoms with Crippen molar-refractivity contribution in [3.05, 3.63) is 37.8 Å². The molecule has 1 aromatic heterocycles. The Hall–Kier alpha value is -0.660. The summed E-state index contributed by atoms with van der Waals surface area (Å²) in [4.78, 5) is 8.40. The molecule has 94 valence electrons. The van der Waals surface area contributed by atoms with Crippen LogP contribution in [0.3, 0.4) is 0 Å². The maximum Gasteiger partial charge on any atom is 0.232 e. The predicted octanol–water partition coefficient (Wildman–Crippen LogP) is 4.52. The fraction of sp³-hybridized carbons (Fsp3) is 0.0909. The number of nitrogens with zero attached hydrogens (tertiary/aromatic N) is 2. The number of halogens is 3. The number of methoxy groups -OCH3 is 1. The number of benzene rings is 1. The van der Waals surface area contributed by atoms with Gasteiger partial charge in [0.25, 0.3) is 0 Å². The van der Waals surface area contributed by atoms with Crippen molar-refractivity contribution < 1.29 is 4.74 Å². The Balaban J connectivity index is 2.31. The number of anilines is 2. The average Bonchev–Trinajstić information content (AvgIpc) is 2.36. The minimum atomic E-state index is 0.467. The normalized spacial score (nSPS) is 10.2. The molecule has 0 saturated carbocycles. The van der Waals surface area contributed by atoms with Crippen LogP contribution in [0.15, 0.2) is 37.8 Å². The van der Waals surface area contributed by atoms with E-state index >= 15 is 0 Å². The first-order valence-electron chi connectivity index (χ1n) is 4.89. The molecule has 7 heteroatoms. The van der Waals surface area contributed by atoms with E-state index in [2.05, 4.69) is 63.1 Å². The molecule has 0 saturated heterocycles. The van der Waals surface area contributed by atoms with Gasteiger partial charge in [0.15, 0.2) is 0 Å². The summed E-state index contributed by atoms with van der Waals surface area (Å²) in [6.07, 6.45) is 1.64. The minimum absolute atomic E-state index is 0.467. The molecule has 1 aromatic carbocycles. The van der Waals surface area contributed by atoms with Gasteiger partial charge >= 0.3 is 0 Å². The first kappa shape index (κ1) is 13.8. The van der Waals surface area contributed by atoms with Crippen LogP contribution in [-0.2, 0) is 0 Å². The Bertz CT molecular complexity index is 577. The highest BCUT2D eigenvalue weighted by Crippen LogP contribution is 2.29. The lowest BCUT2D eigenvalue weighted by Gasteiger charge is -2.09. The van der Waals surface area contributed by atoms with Gasteiger partial charge in [-0.2, -0.15) is 4.98 Å². The molecular formula is C11H8Br3N3O. The molecule has 0 bridgehead atoms. The van der Waals surface area contributed by atoms with Crippen molar-refractivity contribution in [1.29, 1.82) is 0 Å². The Morgan fingerprint density at radius 2 is 1.94 bits per heavy atom. The van der Waals surface area contributed by atoms with E-state index in [0.717, 1.165) is 14.6 Å². The summed E-state index contributed by atoms with van der Waals surface area (Å²) in [6.45, 7) is 0. The van der Waals surface area contributed by atoms with Crippen LogP contribution in [0.25, 0.3) is 0 Å². The van der Waals surface area contributed by atoms with Gasteiger partial charge in [-0.3, -0.25) is 0 Å². The van der Waals surface area contributed by atoms with Gasteiger partial charge in [0.1, 0.15) is 0 Å². The number of rotatable bonds is 3. The van der Waals surface area contributed by atoms with Gasteiger partial charge in [-0.05, 0) is 50.1 Å². The molecule has 0 unspecified atom stereocenters. The third-order valence-electron chi connectivity index (χ3n) is 2.08. The van der Waals surface area contributed by atoms with Crippen LogP contribution in [0.5, 0.6) is 5.88 Å². The molecule has 2 aromatic rings. The highest BCUT2D eigenvalue weighted by Gasteiger charge is 2.07. The van der Waals surface area contributed by atoms with E-state index in [0.29, 0.717) is 16.3 Å². The van der Waals surface area contributed by atoms with Gasteiger partial charge in [-0.1, -0.05) is 15.9 Å². The molecular weight excluding hydrogens is 430 g/mol. The highest BCUT2D eigenvalue weighted by molar-refractivity contribution is 9.11. The molecule has 0 aliphatic rings. The second kappa shape index (κ2) is 5.99. The van der Waals surface area contributed by atoms with Gasteiger partial charge in [0, 0.05) is 8.95 Å². The SMILES string of the molecule is COc1nc(Nc2cc(Br)ccc2Br)ncc1Br. The third-order valence-corrected chi connectivity index (χ3v) is 3.81. The molecule has 1 heterocycles. The zero-order valence-corrected chi connectivity index (χ0v) is 14.0. The minimum Gasteiger partial charge on any atom is -0.480 e. The highest BCUT2D eigenvalue weighted by atomic mass is 79.9. The van der Waals surface area contributed by atoms with E-state index in [4.69, 9.17) is 4.74 Å². The number of ether oxygens (including phenoxy) is 1. The van der Waals surface area contributed by atoms with Crippen molar-refractivity contribution >= 4 is 59.4 Å². The van der Waals surface area contributed by atoms with E-state index in [1.54, 1.807) is 13.3 Å². The molecule has 0 aliphatic heterocycles. The van der Waals surface area contributed by atoms with Gasteiger partial charge < -0.3 is 10.1 Å². The lowest BCUT2D eigenvalue weighted by Crippen LogP contribution is -2.00. The van der Waals surface area contributed by atoms with Crippen LogP contribution < -0.4 is 10.1 Å². The molecule has 0 atom stereocenters. The monoisotopic (exact) mass is 435 g/mol. The second-order valence-corrected chi connectivity index (χ2v) is 5.92. The molecule has 0 aliphatic carbocycles. The second-order valence-electron chi connectivity index (χ2n) is 3.30. The third kappa shape index (κ3) is 3.21. The molecule has 0 radical (unpaired) electrons. The Morgan fingerprint density at radius 3 is 2.67 bits per heavy atom. The number of nitrogens with one attached hydrogen (secondary N) is 1. The summed E-state index contributed by atoms with van der Waals surface area (Å²) >= 11 is 10.2. The van der Waals surface area contributed by atoms with Crippen molar-refractivity contribution in [2.24, 2.45) is 0 Å². The summed E-state index contributed by atoms with van der Waals surface area (Å²) in [5.74, 6) is 0.951. The van der Waals surface area contributed by atoms with Crippen LogP contribution >= 0.6 is 47.8 Å². The van der Waals surface area contributed by atoms with E-state index in [1.807, 2.05) is 18.2 Å². The zero-order chi connectivity index (χ0) is 13.1. The zero-order valence-electron chi connectivity index (χ0n) is 9.25. The molecule has 1 N–H and O–H groups in total. The van der Waals surface area contributed by atoms with Gasteiger partial charge in [0.2, 0.25) is 11.8 Å². The molecule has 2 rings (SSSR count). The van der Waals surface area contributed by atoms with Gasteiger partial charge in [0.05, 0.1) is 23.5 Å². The van der Waals surface area contributed by atoms with Crippen molar-refractivity contribution in [3.8, 4) is 5.88 Å². The van der Waals surface area contributed by atoms with Crippen molar-refractivity contribution in [2.75, 3.05) is 12.4 Å². The van der Waals surface area contributed by atoms with E-state index in [1.165, 1.54) is 0 Å². The number of hydrogen-bond donors (Lipinski definition) is 1. The van der Waals surface area contributed by atoms with E-state index in [-0.39, 0.29) is 0 Å². The van der Waals surface area contributed by atoms with Crippen LogP contribution in [0, 0.1) is 0 Å². The summed E-state index contributed by atoms with van der Waals surface area (Å²) in [5, 5.41) is 3.12. The fourth-order valence-electron chi connectivity index (χ4n) is 1.27. The first-order valence-corrected chi connectivity index (χ1v) is 7.26. The van der Waals surface area contributed by atoms with Crippen LogP contribution in [-0.4, -0.2) is 17.1 Å². The lowest BCUT2D eigenvalue weighted by atomic mass is 10.3. The largest absolute Gasteiger partial charge is 0.480 e. The van der Waals surface area contributed by atoms with Crippen LogP contribution in [0.2, 0.25) is 0 Å². The average molecular weight is 438 g/mol.